The van der Waals surface area contributed by atoms with E-state index in [1.54, 1.807) is 22.4 Å². The molecular weight excluding hydrogens is 276 g/mol. The molecule has 0 spiro atoms. The standard InChI is InChI=1S/C11H18N8S/c1-11(2,7-13-5-6-20-7)17-8-14-9(18-12)16-10(15-8)19(3)4/h5-6H,12H2,1-4H3,(H2,14,15,16,17,18). The molecule has 0 aromatic carbocycles. The molecule has 0 amide bonds. The Bertz CT molecular complexity index is 566. The molecule has 0 radical (unpaired) electrons. The van der Waals surface area contributed by atoms with Crippen LogP contribution < -0.4 is 21.5 Å². The first-order chi connectivity index (χ1) is 9.42. The number of anilines is 3. The van der Waals surface area contributed by atoms with Gasteiger partial charge in [-0.05, 0) is 13.8 Å². The van der Waals surface area contributed by atoms with E-state index in [4.69, 9.17) is 5.84 Å². The first-order valence-electron chi connectivity index (χ1n) is 6.00. The molecule has 0 atom stereocenters. The second-order valence-electron chi connectivity index (χ2n) is 4.91. The van der Waals surface area contributed by atoms with Crippen LogP contribution in [-0.2, 0) is 5.54 Å². The topological polar surface area (TPSA) is 105 Å². The predicted octanol–water partition coefficient (Wildman–Crippen LogP) is 1.03. The van der Waals surface area contributed by atoms with E-state index in [2.05, 4.69) is 30.7 Å². The predicted molar refractivity (Wildman–Crippen MR) is 80.7 cm³/mol. The number of nitrogen functional groups attached to an aromatic ring is 1. The van der Waals surface area contributed by atoms with Crippen molar-refractivity contribution >= 4 is 29.2 Å². The quantitative estimate of drug-likeness (QED) is 0.554. The van der Waals surface area contributed by atoms with Gasteiger partial charge in [0.05, 0.1) is 5.54 Å². The smallest absolute Gasteiger partial charge is 0.243 e. The van der Waals surface area contributed by atoms with Crippen LogP contribution in [0, 0.1) is 0 Å². The third-order valence-corrected chi connectivity index (χ3v) is 3.64. The number of hydrazine groups is 1. The summed E-state index contributed by atoms with van der Waals surface area (Å²) in [4.78, 5) is 18.8. The first kappa shape index (κ1) is 14.4. The summed E-state index contributed by atoms with van der Waals surface area (Å²) in [7, 11) is 3.71. The van der Waals surface area contributed by atoms with Crippen LogP contribution in [0.4, 0.5) is 17.8 Å². The number of thiazole rings is 1. The molecule has 0 saturated carbocycles. The van der Waals surface area contributed by atoms with Crippen LogP contribution in [0.3, 0.4) is 0 Å². The Morgan fingerprint density at radius 1 is 1.20 bits per heavy atom. The highest BCUT2D eigenvalue weighted by atomic mass is 32.1. The van der Waals surface area contributed by atoms with Gasteiger partial charge >= 0.3 is 0 Å². The molecule has 9 heteroatoms. The molecule has 20 heavy (non-hydrogen) atoms. The molecule has 4 N–H and O–H groups in total. The molecule has 0 aliphatic carbocycles. The second-order valence-corrected chi connectivity index (χ2v) is 5.80. The minimum Gasteiger partial charge on any atom is -0.347 e. The van der Waals surface area contributed by atoms with Gasteiger partial charge in [0, 0.05) is 25.7 Å². The molecule has 0 saturated heterocycles. The summed E-state index contributed by atoms with van der Waals surface area (Å²) in [5.74, 6) is 6.65. The monoisotopic (exact) mass is 294 g/mol. The van der Waals surface area contributed by atoms with Gasteiger partial charge < -0.3 is 10.2 Å². The van der Waals surface area contributed by atoms with Gasteiger partial charge in [-0.1, -0.05) is 0 Å². The number of hydrogen-bond acceptors (Lipinski definition) is 9. The average Bonchev–Trinajstić information content (AvgIpc) is 2.92. The van der Waals surface area contributed by atoms with Crippen LogP contribution in [0.25, 0.3) is 0 Å². The fraction of sp³-hybridized carbons (Fsp3) is 0.455. The number of rotatable bonds is 5. The van der Waals surface area contributed by atoms with Gasteiger partial charge in [-0.2, -0.15) is 15.0 Å². The van der Waals surface area contributed by atoms with Crippen molar-refractivity contribution in [3.05, 3.63) is 16.6 Å². The molecule has 0 aliphatic heterocycles. The zero-order chi connectivity index (χ0) is 14.8. The third-order valence-electron chi connectivity index (χ3n) is 2.54. The minimum atomic E-state index is -0.384. The van der Waals surface area contributed by atoms with Crippen LogP contribution in [0.2, 0.25) is 0 Å². The molecule has 8 nitrogen and oxygen atoms in total. The zero-order valence-corrected chi connectivity index (χ0v) is 12.7. The van der Waals surface area contributed by atoms with Crippen molar-refractivity contribution in [2.24, 2.45) is 5.84 Å². The summed E-state index contributed by atoms with van der Waals surface area (Å²) >= 11 is 1.57. The van der Waals surface area contributed by atoms with Crippen molar-refractivity contribution in [3.8, 4) is 0 Å². The maximum atomic E-state index is 5.39. The van der Waals surface area contributed by atoms with Crippen molar-refractivity contribution in [2.75, 3.05) is 29.7 Å². The molecule has 0 aliphatic rings. The van der Waals surface area contributed by atoms with Crippen molar-refractivity contribution in [1.82, 2.24) is 19.9 Å². The number of nitrogens with zero attached hydrogens (tertiary/aromatic N) is 5. The summed E-state index contributed by atoms with van der Waals surface area (Å²) in [6, 6.07) is 0. The van der Waals surface area contributed by atoms with E-state index in [1.807, 2.05) is 33.3 Å². The molecule has 2 rings (SSSR count). The lowest BCUT2D eigenvalue weighted by molar-refractivity contribution is 0.596. The van der Waals surface area contributed by atoms with Gasteiger partial charge in [0.25, 0.3) is 0 Å². The van der Waals surface area contributed by atoms with Crippen molar-refractivity contribution in [2.45, 2.75) is 19.4 Å². The molecule has 0 unspecified atom stereocenters. The minimum absolute atomic E-state index is 0.307. The Kier molecular flexibility index (Phi) is 4.00. The van der Waals surface area contributed by atoms with E-state index in [-0.39, 0.29) is 5.54 Å². The Balaban J connectivity index is 2.31. The van der Waals surface area contributed by atoms with E-state index in [1.165, 1.54) is 0 Å². The van der Waals surface area contributed by atoms with Gasteiger partial charge in [0.2, 0.25) is 17.8 Å². The van der Waals surface area contributed by atoms with Crippen molar-refractivity contribution in [1.29, 1.82) is 0 Å². The van der Waals surface area contributed by atoms with Gasteiger partial charge in [0.1, 0.15) is 5.01 Å². The Labute approximate surface area is 121 Å². The molecule has 2 aromatic rings. The van der Waals surface area contributed by atoms with E-state index in [0.29, 0.717) is 17.8 Å². The van der Waals surface area contributed by atoms with E-state index >= 15 is 0 Å². The maximum Gasteiger partial charge on any atom is 0.243 e. The van der Waals surface area contributed by atoms with E-state index < -0.39 is 0 Å². The first-order valence-corrected chi connectivity index (χ1v) is 6.88. The molecule has 0 bridgehead atoms. The second kappa shape index (κ2) is 5.55. The Morgan fingerprint density at radius 3 is 2.45 bits per heavy atom. The number of hydrogen-bond donors (Lipinski definition) is 3. The lowest BCUT2D eigenvalue weighted by Gasteiger charge is -2.24. The van der Waals surface area contributed by atoms with Crippen molar-refractivity contribution < 1.29 is 0 Å². The average molecular weight is 294 g/mol. The fourth-order valence-electron chi connectivity index (χ4n) is 1.55. The van der Waals surface area contributed by atoms with E-state index in [9.17, 15) is 0 Å². The van der Waals surface area contributed by atoms with Gasteiger partial charge in [-0.3, -0.25) is 5.43 Å². The molecule has 0 fully saturated rings. The number of nitrogens with two attached hydrogens (primary N) is 1. The molecule has 108 valence electrons. The number of nitrogens with one attached hydrogen (secondary N) is 2. The maximum absolute atomic E-state index is 5.39. The summed E-state index contributed by atoms with van der Waals surface area (Å²) in [6.45, 7) is 4.03. The summed E-state index contributed by atoms with van der Waals surface area (Å²) < 4.78 is 0. The van der Waals surface area contributed by atoms with Gasteiger partial charge in [-0.25, -0.2) is 10.8 Å². The van der Waals surface area contributed by atoms with Gasteiger partial charge in [-0.15, -0.1) is 11.3 Å². The van der Waals surface area contributed by atoms with Crippen LogP contribution in [0.5, 0.6) is 0 Å². The largest absolute Gasteiger partial charge is 0.347 e. The fourth-order valence-corrected chi connectivity index (χ4v) is 2.27. The SMILES string of the molecule is CN(C)c1nc(NN)nc(NC(C)(C)c2nccs2)n1. The van der Waals surface area contributed by atoms with Crippen LogP contribution in [0.1, 0.15) is 18.9 Å². The van der Waals surface area contributed by atoms with Crippen LogP contribution >= 0.6 is 11.3 Å². The van der Waals surface area contributed by atoms with Crippen molar-refractivity contribution in [3.63, 3.8) is 0 Å². The zero-order valence-electron chi connectivity index (χ0n) is 11.9. The summed E-state index contributed by atoms with van der Waals surface area (Å²) in [6.07, 6.45) is 1.77. The third kappa shape index (κ3) is 3.11. The Morgan fingerprint density at radius 2 is 1.90 bits per heavy atom. The normalized spacial score (nSPS) is 11.2. The molecular formula is C11H18N8S. The highest BCUT2D eigenvalue weighted by molar-refractivity contribution is 7.09. The lowest BCUT2D eigenvalue weighted by Crippen LogP contribution is -2.30. The molecule has 2 aromatic heterocycles. The summed E-state index contributed by atoms with van der Waals surface area (Å²) in [5.41, 5.74) is 2.06. The summed E-state index contributed by atoms with van der Waals surface area (Å²) in [5, 5.41) is 6.14. The van der Waals surface area contributed by atoms with Crippen LogP contribution in [0.15, 0.2) is 11.6 Å². The van der Waals surface area contributed by atoms with Gasteiger partial charge in [0.15, 0.2) is 0 Å². The Hall–Kier alpha value is -2.00. The van der Waals surface area contributed by atoms with E-state index in [0.717, 1.165) is 5.01 Å². The molecule has 2 heterocycles. The van der Waals surface area contributed by atoms with Crippen LogP contribution in [-0.4, -0.2) is 34.0 Å². The number of aromatic nitrogens is 4. The highest BCUT2D eigenvalue weighted by Crippen LogP contribution is 2.26. The lowest BCUT2D eigenvalue weighted by atomic mass is 10.1. The highest BCUT2D eigenvalue weighted by Gasteiger charge is 2.24.